The molecule has 6 nitrogen and oxygen atoms in total. The molecule has 1 aromatic carbocycles. The molecule has 3 rings (SSSR count). The van der Waals surface area contributed by atoms with Gasteiger partial charge in [0.25, 0.3) is 0 Å². The van der Waals surface area contributed by atoms with Crippen LogP contribution in [0.1, 0.15) is 62.1 Å². The Hall–Kier alpha value is -2.27. The Labute approximate surface area is 181 Å². The van der Waals surface area contributed by atoms with Gasteiger partial charge < -0.3 is 20.2 Å². The highest BCUT2D eigenvalue weighted by molar-refractivity contribution is 5.77. The first-order valence-corrected chi connectivity index (χ1v) is 10.4. The van der Waals surface area contributed by atoms with Crippen LogP contribution in [-0.2, 0) is 9.53 Å². The summed E-state index contributed by atoms with van der Waals surface area (Å²) >= 11 is 0. The summed E-state index contributed by atoms with van der Waals surface area (Å²) in [5, 5.41) is 2.54. The zero-order valence-electron chi connectivity index (χ0n) is 17.6. The molecule has 11 heteroatoms. The molecular formula is C21H26F5N3O3. The molecule has 1 amide bonds. The van der Waals surface area contributed by atoms with Gasteiger partial charge in [-0.15, -0.1) is 0 Å². The number of fused-ring (bicyclic) bond motifs is 1. The van der Waals surface area contributed by atoms with Crippen molar-refractivity contribution in [2.24, 2.45) is 11.7 Å². The molecule has 0 aliphatic heterocycles. The SMILES string of the molecule is COCC(NC(=O)CCC(F)(F)F)c1ccc2oc([C@@H](N)C3CCC(F)(F)CC3)nc2c1. The second-order valence-electron chi connectivity index (χ2n) is 8.19. The number of nitrogens with one attached hydrogen (secondary N) is 1. The molecule has 1 aromatic heterocycles. The molecule has 1 aliphatic rings. The largest absolute Gasteiger partial charge is 0.439 e. The summed E-state index contributed by atoms with van der Waals surface area (Å²) in [6.45, 7) is 0.0454. The zero-order valence-corrected chi connectivity index (χ0v) is 17.6. The van der Waals surface area contributed by atoms with Gasteiger partial charge >= 0.3 is 6.18 Å². The van der Waals surface area contributed by atoms with Gasteiger partial charge in [0.15, 0.2) is 5.58 Å². The Balaban J connectivity index is 1.72. The highest BCUT2D eigenvalue weighted by atomic mass is 19.4. The number of hydrogen-bond acceptors (Lipinski definition) is 5. The molecule has 2 atom stereocenters. The maximum atomic E-state index is 13.4. The van der Waals surface area contributed by atoms with Crippen molar-refractivity contribution in [3.8, 4) is 0 Å². The lowest BCUT2D eigenvalue weighted by molar-refractivity contribution is -0.144. The van der Waals surface area contributed by atoms with Gasteiger partial charge in [-0.3, -0.25) is 4.79 Å². The summed E-state index contributed by atoms with van der Waals surface area (Å²) in [5.41, 5.74) is 7.68. The first kappa shape index (κ1) is 24.4. The zero-order chi connectivity index (χ0) is 23.5. The molecule has 178 valence electrons. The lowest BCUT2D eigenvalue weighted by atomic mass is 9.82. The third-order valence-electron chi connectivity index (χ3n) is 5.69. The molecule has 0 saturated heterocycles. The van der Waals surface area contributed by atoms with E-state index in [4.69, 9.17) is 14.9 Å². The standard InChI is InChI=1S/C21H26F5N3O3/c1-31-11-15(28-17(30)6-9-21(24,25)26)13-2-3-16-14(10-13)29-19(32-16)18(27)12-4-7-20(22,23)8-5-12/h2-3,10,12,15,18H,4-9,11,27H2,1H3,(H,28,30)/t15?,18-/m0/s1. The quantitative estimate of drug-likeness (QED) is 0.549. The molecule has 0 bridgehead atoms. The number of oxazole rings is 1. The minimum atomic E-state index is -4.42. The smallest absolute Gasteiger partial charge is 0.389 e. The number of alkyl halides is 5. The third-order valence-corrected chi connectivity index (χ3v) is 5.69. The molecule has 1 heterocycles. The minimum absolute atomic E-state index is 0.0454. The van der Waals surface area contributed by atoms with Crippen LogP contribution in [0.5, 0.6) is 0 Å². The van der Waals surface area contributed by atoms with Crippen LogP contribution in [0.4, 0.5) is 22.0 Å². The lowest BCUT2D eigenvalue weighted by Crippen LogP contribution is -2.32. The summed E-state index contributed by atoms with van der Waals surface area (Å²) in [4.78, 5) is 16.3. The molecule has 1 aliphatic carbocycles. The predicted molar refractivity (Wildman–Crippen MR) is 106 cm³/mol. The van der Waals surface area contributed by atoms with Crippen molar-refractivity contribution in [2.45, 2.75) is 62.7 Å². The van der Waals surface area contributed by atoms with Crippen LogP contribution in [0.25, 0.3) is 11.1 Å². The molecule has 3 N–H and O–H groups in total. The number of hydrogen-bond donors (Lipinski definition) is 2. The van der Waals surface area contributed by atoms with Crippen LogP contribution in [-0.4, -0.2) is 36.7 Å². The average Bonchev–Trinajstić information content (AvgIpc) is 3.14. The Morgan fingerprint density at radius 1 is 1.34 bits per heavy atom. The van der Waals surface area contributed by atoms with Gasteiger partial charge in [-0.05, 0) is 36.5 Å². The normalized spacial score (nSPS) is 19.1. The molecule has 1 unspecified atom stereocenters. The van der Waals surface area contributed by atoms with Crippen LogP contribution in [0.2, 0.25) is 0 Å². The van der Waals surface area contributed by atoms with Crippen LogP contribution in [0.3, 0.4) is 0 Å². The molecule has 1 saturated carbocycles. The average molecular weight is 463 g/mol. The van der Waals surface area contributed by atoms with Gasteiger partial charge in [0.05, 0.1) is 25.1 Å². The Morgan fingerprint density at radius 2 is 2.03 bits per heavy atom. The number of rotatable bonds is 8. The van der Waals surface area contributed by atoms with E-state index in [9.17, 15) is 26.7 Å². The second kappa shape index (κ2) is 9.70. The summed E-state index contributed by atoms with van der Waals surface area (Å²) in [6.07, 6.45) is -6.21. The van der Waals surface area contributed by atoms with E-state index in [0.717, 1.165) is 0 Å². The van der Waals surface area contributed by atoms with E-state index < -0.39 is 42.9 Å². The van der Waals surface area contributed by atoms with Crippen molar-refractivity contribution in [3.05, 3.63) is 29.7 Å². The van der Waals surface area contributed by atoms with Crippen LogP contribution >= 0.6 is 0 Å². The van der Waals surface area contributed by atoms with Gasteiger partial charge in [0.1, 0.15) is 5.52 Å². The van der Waals surface area contributed by atoms with Crippen molar-refractivity contribution >= 4 is 17.0 Å². The number of carbonyl (C=O) groups excluding carboxylic acids is 1. The third kappa shape index (κ3) is 6.38. The van der Waals surface area contributed by atoms with E-state index in [2.05, 4.69) is 10.3 Å². The van der Waals surface area contributed by atoms with Crippen molar-refractivity contribution in [3.63, 3.8) is 0 Å². The van der Waals surface area contributed by atoms with E-state index in [1.54, 1.807) is 18.2 Å². The van der Waals surface area contributed by atoms with E-state index in [-0.39, 0.29) is 44.1 Å². The van der Waals surface area contributed by atoms with Crippen molar-refractivity contribution < 1.29 is 35.9 Å². The fourth-order valence-corrected chi connectivity index (χ4v) is 3.85. The number of halogens is 5. The maximum absolute atomic E-state index is 13.4. The number of ether oxygens (including phenoxy) is 1. The molecule has 0 radical (unpaired) electrons. The van der Waals surface area contributed by atoms with Gasteiger partial charge in [0, 0.05) is 26.4 Å². The van der Waals surface area contributed by atoms with Gasteiger partial charge in [-0.1, -0.05) is 6.07 Å². The van der Waals surface area contributed by atoms with E-state index in [1.165, 1.54) is 7.11 Å². The molecule has 32 heavy (non-hydrogen) atoms. The van der Waals surface area contributed by atoms with Crippen molar-refractivity contribution in [1.82, 2.24) is 10.3 Å². The summed E-state index contributed by atoms with van der Waals surface area (Å²) in [7, 11) is 1.41. The highest BCUT2D eigenvalue weighted by Crippen LogP contribution is 2.40. The van der Waals surface area contributed by atoms with Gasteiger partial charge in [0.2, 0.25) is 17.7 Å². The molecule has 2 aromatic rings. The monoisotopic (exact) mass is 463 g/mol. The summed E-state index contributed by atoms with van der Waals surface area (Å²) in [6, 6.07) is 3.60. The topological polar surface area (TPSA) is 90.4 Å². The van der Waals surface area contributed by atoms with E-state index >= 15 is 0 Å². The van der Waals surface area contributed by atoms with Gasteiger partial charge in [-0.2, -0.15) is 13.2 Å². The Kier molecular flexibility index (Phi) is 7.39. The number of methoxy groups -OCH3 is 1. The number of aromatic nitrogens is 1. The Morgan fingerprint density at radius 3 is 2.66 bits per heavy atom. The number of nitrogens with two attached hydrogens (primary N) is 1. The van der Waals surface area contributed by atoms with Crippen LogP contribution < -0.4 is 11.1 Å². The second-order valence-corrected chi connectivity index (χ2v) is 8.19. The lowest BCUT2D eigenvalue weighted by Gasteiger charge is -2.30. The first-order chi connectivity index (χ1) is 15.0. The van der Waals surface area contributed by atoms with Crippen molar-refractivity contribution in [1.29, 1.82) is 0 Å². The number of nitrogens with zero attached hydrogens (tertiary/aromatic N) is 1. The fraction of sp³-hybridized carbons (Fsp3) is 0.619. The Bertz CT molecular complexity index is 921. The fourth-order valence-electron chi connectivity index (χ4n) is 3.85. The highest BCUT2D eigenvalue weighted by Gasteiger charge is 2.38. The minimum Gasteiger partial charge on any atom is -0.439 e. The molecule has 1 fully saturated rings. The number of carbonyl (C=O) groups is 1. The summed E-state index contributed by atoms with van der Waals surface area (Å²) < 4.78 is 74.7. The van der Waals surface area contributed by atoms with Gasteiger partial charge in [-0.25, -0.2) is 13.8 Å². The predicted octanol–water partition coefficient (Wildman–Crippen LogP) is 4.80. The number of amides is 1. The first-order valence-electron chi connectivity index (χ1n) is 10.4. The van der Waals surface area contributed by atoms with Crippen LogP contribution in [0, 0.1) is 5.92 Å². The molecular weight excluding hydrogens is 437 g/mol. The van der Waals surface area contributed by atoms with Crippen molar-refractivity contribution in [2.75, 3.05) is 13.7 Å². The van der Waals surface area contributed by atoms with E-state index in [1.807, 2.05) is 0 Å². The molecule has 0 spiro atoms. The van der Waals surface area contributed by atoms with Crippen LogP contribution in [0.15, 0.2) is 22.6 Å². The summed E-state index contributed by atoms with van der Waals surface area (Å²) in [5.74, 6) is -3.34. The maximum Gasteiger partial charge on any atom is 0.389 e. The number of benzene rings is 1. The van der Waals surface area contributed by atoms with E-state index in [0.29, 0.717) is 16.7 Å².